The van der Waals surface area contributed by atoms with E-state index in [1.165, 1.54) is 64.6 Å². The third-order valence-corrected chi connectivity index (χ3v) is 3.78. The first-order chi connectivity index (χ1) is 6.35. The Balaban J connectivity index is 1.72. The molecule has 1 nitrogen and oxygen atoms in total. The monoisotopic (exact) mass is 181 g/mol. The van der Waals surface area contributed by atoms with Gasteiger partial charge in [0.15, 0.2) is 0 Å². The molecule has 2 fully saturated rings. The second kappa shape index (κ2) is 4.00. The molecule has 1 heterocycles. The molecule has 1 heteroatoms. The zero-order valence-corrected chi connectivity index (χ0v) is 9.02. The highest BCUT2D eigenvalue weighted by Gasteiger charge is 2.42. The maximum absolute atomic E-state index is 2.70. The number of hydrogen-bond acceptors (Lipinski definition) is 1. The minimum Gasteiger partial charge on any atom is -0.303 e. The van der Waals surface area contributed by atoms with Gasteiger partial charge >= 0.3 is 0 Å². The molecule has 0 radical (unpaired) electrons. The summed E-state index contributed by atoms with van der Waals surface area (Å²) in [4.78, 5) is 2.70. The number of nitrogens with zero attached hydrogens (tertiary/aromatic N) is 1. The number of rotatable bonds is 5. The first kappa shape index (κ1) is 9.51. The fourth-order valence-electron chi connectivity index (χ4n) is 2.63. The summed E-state index contributed by atoms with van der Waals surface area (Å²) in [5, 5.41) is 0. The molecule has 0 unspecified atom stereocenters. The van der Waals surface area contributed by atoms with Crippen LogP contribution in [0, 0.1) is 5.41 Å². The molecule has 0 spiro atoms. The van der Waals surface area contributed by atoms with E-state index >= 15 is 0 Å². The number of likely N-dealkylation sites (tertiary alicyclic amines) is 1. The summed E-state index contributed by atoms with van der Waals surface area (Å²) in [6.45, 7) is 6.50. The van der Waals surface area contributed by atoms with Gasteiger partial charge in [0, 0.05) is 6.54 Å². The third-order valence-electron chi connectivity index (χ3n) is 3.78. The second-order valence-electron chi connectivity index (χ2n) is 5.09. The van der Waals surface area contributed by atoms with Crippen LogP contribution in [0.4, 0.5) is 0 Å². The zero-order chi connectivity index (χ0) is 9.15. The maximum atomic E-state index is 2.70. The van der Waals surface area contributed by atoms with Crippen molar-refractivity contribution in [1.29, 1.82) is 0 Å². The lowest BCUT2D eigenvalue weighted by molar-refractivity contribution is 0.250. The Labute approximate surface area is 82.5 Å². The van der Waals surface area contributed by atoms with Crippen molar-refractivity contribution in [2.75, 3.05) is 19.6 Å². The summed E-state index contributed by atoms with van der Waals surface area (Å²) in [5.41, 5.74) is 0.792. The summed E-state index contributed by atoms with van der Waals surface area (Å²) in [5.74, 6) is 0. The van der Waals surface area contributed by atoms with Crippen LogP contribution < -0.4 is 0 Å². The number of unbranched alkanes of at least 4 members (excludes halogenated alkanes) is 1. The fourth-order valence-corrected chi connectivity index (χ4v) is 2.63. The van der Waals surface area contributed by atoms with Gasteiger partial charge in [-0.25, -0.2) is 0 Å². The molecule has 1 saturated heterocycles. The van der Waals surface area contributed by atoms with Crippen molar-refractivity contribution >= 4 is 0 Å². The highest BCUT2D eigenvalue weighted by atomic mass is 15.1. The fraction of sp³-hybridized carbons (Fsp3) is 1.00. The van der Waals surface area contributed by atoms with Crippen molar-refractivity contribution in [3.63, 3.8) is 0 Å². The molecule has 0 bridgehead atoms. The van der Waals surface area contributed by atoms with Gasteiger partial charge in [0.05, 0.1) is 0 Å². The molecule has 76 valence electrons. The molecule has 0 N–H and O–H groups in total. The molecule has 1 aliphatic heterocycles. The first-order valence-electron chi connectivity index (χ1n) is 6.07. The highest BCUT2D eigenvalue weighted by molar-refractivity contribution is 4.95. The zero-order valence-electron chi connectivity index (χ0n) is 9.02. The third kappa shape index (κ3) is 2.46. The van der Waals surface area contributed by atoms with Gasteiger partial charge < -0.3 is 4.90 Å². The van der Waals surface area contributed by atoms with E-state index in [4.69, 9.17) is 0 Å². The summed E-state index contributed by atoms with van der Waals surface area (Å²) < 4.78 is 0. The average molecular weight is 181 g/mol. The molecule has 13 heavy (non-hydrogen) atoms. The molecule has 0 aromatic heterocycles. The Morgan fingerprint density at radius 1 is 1.15 bits per heavy atom. The number of hydrogen-bond donors (Lipinski definition) is 0. The molecular formula is C12H23N. The van der Waals surface area contributed by atoms with Crippen molar-refractivity contribution in [2.45, 2.75) is 51.9 Å². The summed E-state index contributed by atoms with van der Waals surface area (Å²) in [7, 11) is 0. The Hall–Kier alpha value is -0.0400. The normalized spacial score (nSPS) is 26.5. The maximum Gasteiger partial charge on any atom is 0.00380 e. The van der Waals surface area contributed by atoms with Gasteiger partial charge in [-0.1, -0.05) is 19.8 Å². The van der Waals surface area contributed by atoms with Crippen LogP contribution in [0.2, 0.25) is 0 Å². The predicted molar refractivity (Wildman–Crippen MR) is 56.9 cm³/mol. The van der Waals surface area contributed by atoms with E-state index in [1.54, 1.807) is 0 Å². The minimum atomic E-state index is 0.792. The van der Waals surface area contributed by atoms with E-state index in [9.17, 15) is 0 Å². The van der Waals surface area contributed by atoms with Gasteiger partial charge in [-0.05, 0) is 50.6 Å². The molecular weight excluding hydrogens is 158 g/mol. The van der Waals surface area contributed by atoms with E-state index < -0.39 is 0 Å². The summed E-state index contributed by atoms with van der Waals surface area (Å²) in [6, 6.07) is 0. The molecule has 1 aliphatic carbocycles. The van der Waals surface area contributed by atoms with Crippen molar-refractivity contribution in [1.82, 2.24) is 4.90 Å². The molecule has 0 aromatic carbocycles. The second-order valence-corrected chi connectivity index (χ2v) is 5.09. The molecule has 0 aromatic rings. The van der Waals surface area contributed by atoms with Crippen molar-refractivity contribution in [3.8, 4) is 0 Å². The summed E-state index contributed by atoms with van der Waals surface area (Å²) >= 11 is 0. The Bertz CT molecular complexity index is 155. The lowest BCUT2D eigenvalue weighted by atomic mass is 9.99. The molecule has 0 amide bonds. The molecule has 2 aliphatic rings. The van der Waals surface area contributed by atoms with E-state index in [1.807, 2.05) is 0 Å². The average Bonchev–Trinajstić information content (AvgIpc) is 2.69. The topological polar surface area (TPSA) is 3.24 Å². The van der Waals surface area contributed by atoms with Crippen LogP contribution in [0.1, 0.15) is 51.9 Å². The lowest BCUT2D eigenvalue weighted by Crippen LogP contribution is -2.27. The molecule has 0 atom stereocenters. The van der Waals surface area contributed by atoms with Gasteiger partial charge in [0.2, 0.25) is 0 Å². The van der Waals surface area contributed by atoms with E-state index in [0.29, 0.717) is 0 Å². The van der Waals surface area contributed by atoms with Gasteiger partial charge in [0.1, 0.15) is 0 Å². The van der Waals surface area contributed by atoms with Crippen LogP contribution >= 0.6 is 0 Å². The quantitative estimate of drug-likeness (QED) is 0.630. The smallest absolute Gasteiger partial charge is 0.00380 e. The standard InChI is InChI=1S/C12H23N/c1-2-3-6-12(7-8-12)11-13-9-4-5-10-13/h2-11H2,1H3. The van der Waals surface area contributed by atoms with Crippen LogP contribution in [0.15, 0.2) is 0 Å². The van der Waals surface area contributed by atoms with Crippen LogP contribution in [0.5, 0.6) is 0 Å². The Morgan fingerprint density at radius 2 is 1.85 bits per heavy atom. The minimum absolute atomic E-state index is 0.792. The Kier molecular flexibility index (Phi) is 2.92. The largest absolute Gasteiger partial charge is 0.303 e. The lowest BCUT2D eigenvalue weighted by Gasteiger charge is -2.22. The van der Waals surface area contributed by atoms with Gasteiger partial charge in [0.25, 0.3) is 0 Å². The van der Waals surface area contributed by atoms with Crippen LogP contribution in [-0.4, -0.2) is 24.5 Å². The van der Waals surface area contributed by atoms with Crippen molar-refractivity contribution < 1.29 is 0 Å². The SMILES string of the molecule is CCCCC1(CN2CCCC2)CC1. The molecule has 1 saturated carbocycles. The van der Waals surface area contributed by atoms with Crippen LogP contribution in [0.3, 0.4) is 0 Å². The van der Waals surface area contributed by atoms with Crippen molar-refractivity contribution in [2.24, 2.45) is 5.41 Å². The van der Waals surface area contributed by atoms with Gasteiger partial charge in [-0.15, -0.1) is 0 Å². The first-order valence-corrected chi connectivity index (χ1v) is 6.07. The van der Waals surface area contributed by atoms with E-state index in [0.717, 1.165) is 5.41 Å². The van der Waals surface area contributed by atoms with Crippen LogP contribution in [0.25, 0.3) is 0 Å². The van der Waals surface area contributed by atoms with Crippen molar-refractivity contribution in [3.05, 3.63) is 0 Å². The highest BCUT2D eigenvalue weighted by Crippen LogP contribution is 2.50. The predicted octanol–water partition coefficient (Wildman–Crippen LogP) is 3.05. The van der Waals surface area contributed by atoms with Gasteiger partial charge in [-0.2, -0.15) is 0 Å². The molecule has 2 rings (SSSR count). The Morgan fingerprint density at radius 3 is 2.38 bits per heavy atom. The van der Waals surface area contributed by atoms with Crippen LogP contribution in [-0.2, 0) is 0 Å². The van der Waals surface area contributed by atoms with E-state index in [-0.39, 0.29) is 0 Å². The van der Waals surface area contributed by atoms with E-state index in [2.05, 4.69) is 11.8 Å². The summed E-state index contributed by atoms with van der Waals surface area (Å²) in [6.07, 6.45) is 10.3. The van der Waals surface area contributed by atoms with Gasteiger partial charge in [-0.3, -0.25) is 0 Å².